The van der Waals surface area contributed by atoms with Crippen LogP contribution in [-0.4, -0.2) is 11.6 Å². The predicted molar refractivity (Wildman–Crippen MR) is 55.6 cm³/mol. The molecule has 0 aliphatic heterocycles. The van der Waals surface area contributed by atoms with Crippen molar-refractivity contribution >= 4 is 21.6 Å². The van der Waals surface area contributed by atoms with Gasteiger partial charge in [-0.05, 0) is 24.6 Å². The Hall–Kier alpha value is -1.23. The molecule has 1 aromatic heterocycles. The van der Waals surface area contributed by atoms with Crippen LogP contribution in [0.15, 0.2) is 18.2 Å². The van der Waals surface area contributed by atoms with Crippen LogP contribution in [0.2, 0.25) is 0 Å². The molecule has 0 saturated heterocycles. The summed E-state index contributed by atoms with van der Waals surface area (Å²) in [6.45, 7) is -0.769. The number of aromatic nitrogens is 1. The summed E-state index contributed by atoms with van der Waals surface area (Å²) in [6.07, 6.45) is 0.852. The molecule has 0 N–H and O–H groups in total. The van der Waals surface area contributed by atoms with E-state index in [2.05, 4.69) is 9.72 Å². The Morgan fingerprint density at radius 2 is 2.27 bits per heavy atom. The smallest absolute Gasteiger partial charge is 0.387 e. The minimum atomic E-state index is -2.78. The number of ether oxygens (including phenoxy) is 1. The van der Waals surface area contributed by atoms with Crippen molar-refractivity contribution in [1.29, 1.82) is 0 Å². The number of fused-ring (bicyclic) bond motifs is 1. The molecule has 0 aliphatic rings. The van der Waals surface area contributed by atoms with Gasteiger partial charge in [0.15, 0.2) is 0 Å². The predicted octanol–water partition coefficient (Wildman–Crippen LogP) is 3.46. The Labute approximate surface area is 89.5 Å². The van der Waals surface area contributed by atoms with Crippen molar-refractivity contribution in [3.63, 3.8) is 0 Å². The quantitative estimate of drug-likeness (QED) is 0.804. The second-order valence-corrected chi connectivity index (χ2v) is 4.08. The van der Waals surface area contributed by atoms with Crippen molar-refractivity contribution < 1.29 is 13.5 Å². The van der Waals surface area contributed by atoms with Gasteiger partial charge in [-0.15, -0.1) is 11.3 Å². The van der Waals surface area contributed by atoms with Crippen LogP contribution in [0.1, 0.15) is 11.9 Å². The monoisotopic (exact) mass is 229 g/mol. The highest BCUT2D eigenvalue weighted by Crippen LogP contribution is 2.27. The molecule has 0 spiro atoms. The lowest BCUT2D eigenvalue weighted by molar-refractivity contribution is -0.0497. The van der Waals surface area contributed by atoms with E-state index in [0.717, 1.165) is 21.6 Å². The van der Waals surface area contributed by atoms with Crippen LogP contribution in [0.4, 0.5) is 8.78 Å². The molecule has 0 bridgehead atoms. The van der Waals surface area contributed by atoms with Crippen molar-refractivity contribution in [2.45, 2.75) is 20.0 Å². The van der Waals surface area contributed by atoms with Crippen molar-refractivity contribution in [3.8, 4) is 5.75 Å². The molecule has 15 heavy (non-hydrogen) atoms. The molecule has 1 heterocycles. The molecule has 0 fully saturated rings. The zero-order valence-corrected chi connectivity index (χ0v) is 8.85. The lowest BCUT2D eigenvalue weighted by atomic mass is 10.3. The van der Waals surface area contributed by atoms with E-state index in [1.165, 1.54) is 17.4 Å². The minimum Gasteiger partial charge on any atom is -0.435 e. The largest absolute Gasteiger partial charge is 0.435 e. The zero-order chi connectivity index (χ0) is 10.8. The number of halogens is 2. The average Bonchev–Trinajstić information content (AvgIpc) is 2.58. The van der Waals surface area contributed by atoms with Crippen LogP contribution in [-0.2, 0) is 6.42 Å². The average molecular weight is 229 g/mol. The summed E-state index contributed by atoms with van der Waals surface area (Å²) in [7, 11) is 0. The van der Waals surface area contributed by atoms with Crippen molar-refractivity contribution in [2.24, 2.45) is 0 Å². The number of nitrogens with zero attached hydrogens (tertiary/aromatic N) is 1. The van der Waals surface area contributed by atoms with Gasteiger partial charge in [-0.25, -0.2) is 4.98 Å². The topological polar surface area (TPSA) is 22.1 Å². The van der Waals surface area contributed by atoms with E-state index in [9.17, 15) is 8.78 Å². The third kappa shape index (κ3) is 2.23. The lowest BCUT2D eigenvalue weighted by Crippen LogP contribution is -2.01. The molecule has 0 radical (unpaired) electrons. The maximum atomic E-state index is 12.0. The standard InChI is InChI=1S/C10H9F2NOS/c1-2-9-13-7-4-3-6(14-10(11)12)5-8(7)15-9/h3-5,10H,2H2,1H3. The number of aryl methyl sites for hydroxylation is 1. The van der Waals surface area contributed by atoms with E-state index in [4.69, 9.17) is 0 Å². The number of alkyl halides is 2. The van der Waals surface area contributed by atoms with Gasteiger partial charge >= 0.3 is 6.61 Å². The van der Waals surface area contributed by atoms with Gasteiger partial charge in [-0.2, -0.15) is 8.78 Å². The number of hydrogen-bond acceptors (Lipinski definition) is 3. The van der Waals surface area contributed by atoms with E-state index < -0.39 is 6.61 Å². The fraction of sp³-hybridized carbons (Fsp3) is 0.300. The molecule has 2 rings (SSSR count). The fourth-order valence-electron chi connectivity index (χ4n) is 1.28. The molecular formula is C10H9F2NOS. The van der Waals surface area contributed by atoms with Crippen molar-refractivity contribution in [2.75, 3.05) is 0 Å². The van der Waals surface area contributed by atoms with E-state index in [-0.39, 0.29) is 5.75 Å². The highest BCUT2D eigenvalue weighted by molar-refractivity contribution is 7.18. The van der Waals surface area contributed by atoms with Crippen molar-refractivity contribution in [3.05, 3.63) is 23.2 Å². The summed E-state index contributed by atoms with van der Waals surface area (Å²) in [5.41, 5.74) is 0.832. The number of rotatable bonds is 3. The van der Waals surface area contributed by atoms with Crippen LogP contribution in [0.3, 0.4) is 0 Å². The first-order valence-electron chi connectivity index (χ1n) is 4.53. The van der Waals surface area contributed by atoms with Gasteiger partial charge in [0.2, 0.25) is 0 Å². The van der Waals surface area contributed by atoms with Crippen LogP contribution in [0, 0.1) is 0 Å². The van der Waals surface area contributed by atoms with E-state index >= 15 is 0 Å². The molecule has 0 unspecified atom stereocenters. The third-order valence-corrected chi connectivity index (χ3v) is 3.09. The van der Waals surface area contributed by atoms with Gasteiger partial charge in [0.05, 0.1) is 15.2 Å². The molecular weight excluding hydrogens is 220 g/mol. The van der Waals surface area contributed by atoms with Gasteiger partial charge in [-0.1, -0.05) is 6.92 Å². The summed E-state index contributed by atoms with van der Waals surface area (Å²) in [6, 6.07) is 4.80. The van der Waals surface area contributed by atoms with Crippen LogP contribution in [0.25, 0.3) is 10.2 Å². The van der Waals surface area contributed by atoms with Gasteiger partial charge < -0.3 is 4.74 Å². The second kappa shape index (κ2) is 4.10. The van der Waals surface area contributed by atoms with E-state index in [1.54, 1.807) is 12.1 Å². The summed E-state index contributed by atoms with van der Waals surface area (Å²) in [4.78, 5) is 4.33. The Balaban J connectivity index is 2.37. The van der Waals surface area contributed by atoms with E-state index in [1.807, 2.05) is 6.92 Å². The third-order valence-electron chi connectivity index (χ3n) is 1.93. The molecule has 0 amide bonds. The lowest BCUT2D eigenvalue weighted by Gasteiger charge is -2.02. The fourth-order valence-corrected chi connectivity index (χ4v) is 2.22. The second-order valence-electron chi connectivity index (χ2n) is 2.97. The van der Waals surface area contributed by atoms with Crippen LogP contribution < -0.4 is 4.74 Å². The first kappa shape index (κ1) is 10.3. The molecule has 0 aliphatic carbocycles. The zero-order valence-electron chi connectivity index (χ0n) is 8.04. The maximum Gasteiger partial charge on any atom is 0.387 e. The molecule has 0 saturated carbocycles. The Morgan fingerprint density at radius 3 is 2.93 bits per heavy atom. The molecule has 2 nitrogen and oxygen atoms in total. The summed E-state index contributed by atoms with van der Waals surface area (Å²) in [5, 5.41) is 0.999. The maximum absolute atomic E-state index is 12.0. The van der Waals surface area contributed by atoms with E-state index in [0.29, 0.717) is 0 Å². The van der Waals surface area contributed by atoms with Gasteiger partial charge in [0.25, 0.3) is 0 Å². The highest BCUT2D eigenvalue weighted by Gasteiger charge is 2.07. The Bertz CT molecular complexity index is 469. The summed E-state index contributed by atoms with van der Waals surface area (Å²) >= 11 is 1.50. The number of hydrogen-bond donors (Lipinski definition) is 0. The van der Waals surface area contributed by atoms with Gasteiger partial charge in [-0.3, -0.25) is 0 Å². The minimum absolute atomic E-state index is 0.184. The first-order valence-corrected chi connectivity index (χ1v) is 5.35. The SMILES string of the molecule is CCc1nc2ccc(OC(F)F)cc2s1. The molecule has 2 aromatic rings. The Morgan fingerprint density at radius 1 is 1.47 bits per heavy atom. The van der Waals surface area contributed by atoms with Crippen LogP contribution >= 0.6 is 11.3 Å². The molecule has 5 heteroatoms. The first-order chi connectivity index (χ1) is 7.19. The number of thiazole rings is 1. The highest BCUT2D eigenvalue weighted by atomic mass is 32.1. The molecule has 80 valence electrons. The van der Waals surface area contributed by atoms with Crippen LogP contribution in [0.5, 0.6) is 5.75 Å². The molecule has 0 atom stereocenters. The molecule has 1 aromatic carbocycles. The summed E-state index contributed by atoms with van der Waals surface area (Å²) < 4.78 is 29.1. The summed E-state index contributed by atoms with van der Waals surface area (Å²) in [5.74, 6) is 0.184. The van der Waals surface area contributed by atoms with Gasteiger partial charge in [0, 0.05) is 0 Å². The normalized spacial score (nSPS) is 11.2. The number of benzene rings is 1. The Kier molecular flexibility index (Phi) is 2.81. The van der Waals surface area contributed by atoms with Gasteiger partial charge in [0.1, 0.15) is 5.75 Å². The van der Waals surface area contributed by atoms with Crippen molar-refractivity contribution in [1.82, 2.24) is 4.98 Å².